The van der Waals surface area contributed by atoms with Crippen LogP contribution in [0.2, 0.25) is 0 Å². The highest BCUT2D eigenvalue weighted by molar-refractivity contribution is 5.75. The molecule has 0 aromatic rings. The van der Waals surface area contributed by atoms with E-state index in [1.165, 1.54) is 5.57 Å². The average molecular weight is 174 g/mol. The quantitative estimate of drug-likeness (QED) is 0.525. The summed E-state index contributed by atoms with van der Waals surface area (Å²) in [6, 6.07) is 0. The number of carbonyl (C=O) groups excluding carboxylic acids is 1. The minimum atomic E-state index is -0.0612. The minimum Gasteiger partial charge on any atom is -0.430 e. The van der Waals surface area contributed by atoms with Crippen molar-refractivity contribution in [2.45, 2.75) is 12.8 Å². The van der Waals surface area contributed by atoms with Gasteiger partial charge in [-0.1, -0.05) is 24.3 Å². The molecule has 3 aliphatic rings. The van der Waals surface area contributed by atoms with Gasteiger partial charge >= 0.3 is 5.97 Å². The molecule has 0 aromatic heterocycles. The Labute approximate surface area is 76.6 Å². The van der Waals surface area contributed by atoms with Gasteiger partial charge in [-0.25, -0.2) is 0 Å². The van der Waals surface area contributed by atoms with E-state index >= 15 is 0 Å². The molecule has 2 aliphatic carbocycles. The molecule has 0 saturated carbocycles. The van der Waals surface area contributed by atoms with E-state index in [1.807, 2.05) is 6.08 Å². The van der Waals surface area contributed by atoms with Crippen molar-refractivity contribution in [1.82, 2.24) is 0 Å². The predicted molar refractivity (Wildman–Crippen MR) is 47.6 cm³/mol. The Morgan fingerprint density at radius 3 is 3.23 bits per heavy atom. The summed E-state index contributed by atoms with van der Waals surface area (Å²) in [7, 11) is 0. The standard InChI is InChI=1S/C11H10O2/c12-10-6-8-5-7-3-1-2-4-9(7)11(8)13-10/h1-4,7-8H,5-6H2. The third-order valence-corrected chi connectivity index (χ3v) is 2.96. The Bertz CT molecular complexity index is 360. The topological polar surface area (TPSA) is 26.3 Å². The molecule has 2 atom stereocenters. The predicted octanol–water partition coefficient (Wildman–Crippen LogP) is 1.95. The van der Waals surface area contributed by atoms with Crippen molar-refractivity contribution in [1.29, 1.82) is 0 Å². The summed E-state index contributed by atoms with van der Waals surface area (Å²) in [5.41, 5.74) is 1.22. The van der Waals surface area contributed by atoms with Crippen molar-refractivity contribution < 1.29 is 9.53 Å². The highest BCUT2D eigenvalue weighted by Crippen LogP contribution is 2.45. The van der Waals surface area contributed by atoms with Crippen LogP contribution in [0.3, 0.4) is 0 Å². The lowest BCUT2D eigenvalue weighted by atomic mass is 9.95. The monoisotopic (exact) mass is 174 g/mol. The molecule has 13 heavy (non-hydrogen) atoms. The van der Waals surface area contributed by atoms with Gasteiger partial charge in [0.2, 0.25) is 0 Å². The van der Waals surface area contributed by atoms with Crippen molar-refractivity contribution in [2.75, 3.05) is 0 Å². The smallest absolute Gasteiger partial charge is 0.311 e. The van der Waals surface area contributed by atoms with Gasteiger partial charge in [0.25, 0.3) is 0 Å². The van der Waals surface area contributed by atoms with Gasteiger partial charge in [0, 0.05) is 11.8 Å². The molecule has 0 spiro atoms. The molecule has 2 unspecified atom stereocenters. The molecule has 0 N–H and O–H groups in total. The zero-order valence-corrected chi connectivity index (χ0v) is 7.19. The summed E-state index contributed by atoms with van der Waals surface area (Å²) in [6.07, 6.45) is 9.96. The number of ether oxygens (including phenoxy) is 1. The van der Waals surface area contributed by atoms with Crippen LogP contribution < -0.4 is 0 Å². The Kier molecular flexibility index (Phi) is 1.29. The lowest BCUT2D eigenvalue weighted by Gasteiger charge is -2.10. The van der Waals surface area contributed by atoms with Crippen molar-refractivity contribution in [3.63, 3.8) is 0 Å². The molecular formula is C11H10O2. The van der Waals surface area contributed by atoms with Gasteiger partial charge in [0.1, 0.15) is 5.76 Å². The third kappa shape index (κ3) is 0.916. The summed E-state index contributed by atoms with van der Waals surface area (Å²) in [5.74, 6) is 1.74. The normalized spacial score (nSPS) is 34.9. The highest BCUT2D eigenvalue weighted by Gasteiger charge is 2.40. The van der Waals surface area contributed by atoms with Crippen LogP contribution in [0.1, 0.15) is 12.8 Å². The van der Waals surface area contributed by atoms with Gasteiger partial charge in [-0.2, -0.15) is 0 Å². The second-order valence-corrected chi connectivity index (χ2v) is 3.78. The Morgan fingerprint density at radius 2 is 2.31 bits per heavy atom. The molecule has 1 fully saturated rings. The van der Waals surface area contributed by atoms with E-state index in [2.05, 4.69) is 18.2 Å². The van der Waals surface area contributed by atoms with Crippen LogP contribution in [0.15, 0.2) is 35.6 Å². The lowest BCUT2D eigenvalue weighted by molar-refractivity contribution is -0.135. The maximum Gasteiger partial charge on any atom is 0.311 e. The maximum absolute atomic E-state index is 11.0. The Balaban J connectivity index is 2.06. The average Bonchev–Trinajstić information content (AvgIpc) is 2.60. The van der Waals surface area contributed by atoms with E-state index in [0.29, 0.717) is 18.3 Å². The Morgan fingerprint density at radius 1 is 1.38 bits per heavy atom. The fraction of sp³-hybridized carbons (Fsp3) is 0.364. The molecule has 3 rings (SSSR count). The van der Waals surface area contributed by atoms with Crippen LogP contribution in [0.25, 0.3) is 0 Å². The van der Waals surface area contributed by atoms with E-state index in [0.717, 1.165) is 12.2 Å². The van der Waals surface area contributed by atoms with Crippen molar-refractivity contribution >= 4 is 5.97 Å². The fourth-order valence-electron chi connectivity index (χ4n) is 2.39. The minimum absolute atomic E-state index is 0.0612. The maximum atomic E-state index is 11.0. The second kappa shape index (κ2) is 2.34. The molecule has 0 amide bonds. The molecule has 2 heteroatoms. The van der Waals surface area contributed by atoms with Crippen LogP contribution in [-0.2, 0) is 9.53 Å². The van der Waals surface area contributed by atoms with Gasteiger partial charge in [0.15, 0.2) is 0 Å². The number of fused-ring (bicyclic) bond motifs is 2. The lowest BCUT2D eigenvalue weighted by Crippen LogP contribution is -2.01. The molecule has 1 saturated heterocycles. The first-order valence-corrected chi connectivity index (χ1v) is 4.64. The van der Waals surface area contributed by atoms with Crippen LogP contribution >= 0.6 is 0 Å². The first kappa shape index (κ1) is 7.13. The second-order valence-electron chi connectivity index (χ2n) is 3.78. The number of allylic oxidation sites excluding steroid dienone is 6. The molecule has 66 valence electrons. The molecule has 0 aromatic carbocycles. The number of carbonyl (C=O) groups is 1. The largest absolute Gasteiger partial charge is 0.430 e. The molecular weight excluding hydrogens is 164 g/mol. The molecule has 0 bridgehead atoms. The van der Waals surface area contributed by atoms with Crippen LogP contribution in [0, 0.1) is 11.8 Å². The van der Waals surface area contributed by atoms with Crippen LogP contribution in [0.5, 0.6) is 0 Å². The zero-order chi connectivity index (χ0) is 8.84. The SMILES string of the molecule is O=C1CC2CC3C=CC=CC3=C2O1. The van der Waals surface area contributed by atoms with Gasteiger partial charge in [-0.05, 0) is 12.0 Å². The summed E-state index contributed by atoms with van der Waals surface area (Å²) >= 11 is 0. The van der Waals surface area contributed by atoms with E-state index in [-0.39, 0.29) is 5.97 Å². The van der Waals surface area contributed by atoms with Gasteiger partial charge in [-0.3, -0.25) is 4.79 Å². The highest BCUT2D eigenvalue weighted by atomic mass is 16.5. The van der Waals surface area contributed by atoms with Gasteiger partial charge in [-0.15, -0.1) is 0 Å². The Hall–Kier alpha value is -1.31. The summed E-state index contributed by atoms with van der Waals surface area (Å²) < 4.78 is 5.21. The molecule has 1 heterocycles. The van der Waals surface area contributed by atoms with Crippen molar-refractivity contribution in [3.05, 3.63) is 35.6 Å². The number of esters is 1. The first-order chi connectivity index (χ1) is 6.34. The third-order valence-electron chi connectivity index (χ3n) is 2.96. The summed E-state index contributed by atoms with van der Waals surface area (Å²) in [6.45, 7) is 0. The van der Waals surface area contributed by atoms with Crippen LogP contribution in [-0.4, -0.2) is 5.97 Å². The molecule has 1 aliphatic heterocycles. The molecule has 0 radical (unpaired) electrons. The number of rotatable bonds is 0. The summed E-state index contributed by atoms with van der Waals surface area (Å²) in [4.78, 5) is 11.0. The van der Waals surface area contributed by atoms with Gasteiger partial charge in [0.05, 0.1) is 6.42 Å². The summed E-state index contributed by atoms with van der Waals surface area (Å²) in [5, 5.41) is 0. The van der Waals surface area contributed by atoms with E-state index < -0.39 is 0 Å². The van der Waals surface area contributed by atoms with E-state index in [4.69, 9.17) is 4.74 Å². The van der Waals surface area contributed by atoms with Crippen molar-refractivity contribution in [3.8, 4) is 0 Å². The number of hydrogen-bond donors (Lipinski definition) is 0. The fourth-order valence-corrected chi connectivity index (χ4v) is 2.39. The zero-order valence-electron chi connectivity index (χ0n) is 7.19. The van der Waals surface area contributed by atoms with Gasteiger partial charge < -0.3 is 4.74 Å². The van der Waals surface area contributed by atoms with Crippen LogP contribution in [0.4, 0.5) is 0 Å². The van der Waals surface area contributed by atoms with E-state index in [1.54, 1.807) is 0 Å². The first-order valence-electron chi connectivity index (χ1n) is 4.64. The molecule has 2 nitrogen and oxygen atoms in total. The van der Waals surface area contributed by atoms with Crippen molar-refractivity contribution in [2.24, 2.45) is 11.8 Å². The van der Waals surface area contributed by atoms with E-state index in [9.17, 15) is 4.79 Å². The number of hydrogen-bond acceptors (Lipinski definition) is 2.